The van der Waals surface area contributed by atoms with Crippen LogP contribution in [0.15, 0.2) is 6.33 Å². The predicted molar refractivity (Wildman–Crippen MR) is 103 cm³/mol. The molecule has 0 saturated carbocycles. The standard InChI is InChI=1S/C18H23ClFN5O3/c1-18(2,3)28-17(26)25-6-5-9-27-16-11-13(12(20)14(19)23-16)21-10-22-15(11)24(4)7-8-25/h10H,5-9H2,1-4H3. The van der Waals surface area contributed by atoms with E-state index in [-0.39, 0.29) is 23.2 Å². The van der Waals surface area contributed by atoms with E-state index >= 15 is 0 Å². The zero-order valence-corrected chi connectivity index (χ0v) is 17.1. The number of amides is 1. The van der Waals surface area contributed by atoms with Crippen molar-refractivity contribution >= 4 is 34.4 Å². The van der Waals surface area contributed by atoms with E-state index in [1.54, 1.807) is 16.8 Å². The molecule has 1 amide bonds. The van der Waals surface area contributed by atoms with Gasteiger partial charge < -0.3 is 19.3 Å². The molecule has 0 aliphatic carbocycles. The van der Waals surface area contributed by atoms with E-state index in [1.807, 2.05) is 20.8 Å². The van der Waals surface area contributed by atoms with Gasteiger partial charge in [0.2, 0.25) is 5.88 Å². The summed E-state index contributed by atoms with van der Waals surface area (Å²) < 4.78 is 25.7. The molecule has 0 fully saturated rings. The third-order valence-corrected chi connectivity index (χ3v) is 4.41. The molecule has 0 radical (unpaired) electrons. The summed E-state index contributed by atoms with van der Waals surface area (Å²) in [6, 6.07) is 0. The molecule has 0 spiro atoms. The van der Waals surface area contributed by atoms with Crippen LogP contribution in [0.1, 0.15) is 27.2 Å². The second-order valence-electron chi connectivity index (χ2n) is 7.53. The number of ether oxygens (including phenoxy) is 2. The zero-order valence-electron chi connectivity index (χ0n) is 16.3. The number of anilines is 1. The van der Waals surface area contributed by atoms with Crippen molar-refractivity contribution in [3.63, 3.8) is 0 Å². The van der Waals surface area contributed by atoms with Crippen LogP contribution < -0.4 is 9.64 Å². The van der Waals surface area contributed by atoms with Crippen LogP contribution in [0.5, 0.6) is 5.88 Å². The van der Waals surface area contributed by atoms with Gasteiger partial charge in [0, 0.05) is 26.7 Å². The van der Waals surface area contributed by atoms with E-state index in [2.05, 4.69) is 15.0 Å². The summed E-state index contributed by atoms with van der Waals surface area (Å²) in [7, 11) is 1.79. The number of aromatic nitrogens is 3. The van der Waals surface area contributed by atoms with Gasteiger partial charge in [-0.15, -0.1) is 0 Å². The highest BCUT2D eigenvalue weighted by Gasteiger charge is 2.25. The van der Waals surface area contributed by atoms with Gasteiger partial charge in [-0.3, -0.25) is 0 Å². The van der Waals surface area contributed by atoms with E-state index in [0.717, 1.165) is 0 Å². The van der Waals surface area contributed by atoms with Crippen LogP contribution in [0.25, 0.3) is 10.9 Å². The first-order chi connectivity index (χ1) is 13.2. The number of pyridine rings is 1. The number of halogens is 2. The first-order valence-corrected chi connectivity index (χ1v) is 9.37. The van der Waals surface area contributed by atoms with Crippen LogP contribution in [0.4, 0.5) is 15.0 Å². The Hall–Kier alpha value is -2.42. The first kappa shape index (κ1) is 20.3. The summed E-state index contributed by atoms with van der Waals surface area (Å²) in [6.07, 6.45) is 1.42. The molecule has 0 aromatic carbocycles. The molecule has 10 heteroatoms. The summed E-state index contributed by atoms with van der Waals surface area (Å²) in [4.78, 5) is 28.2. The number of carbonyl (C=O) groups is 1. The van der Waals surface area contributed by atoms with Crippen LogP contribution in [0.3, 0.4) is 0 Å². The number of carbonyl (C=O) groups excluding carboxylic acids is 1. The van der Waals surface area contributed by atoms with Gasteiger partial charge in [0.15, 0.2) is 11.0 Å². The summed E-state index contributed by atoms with van der Waals surface area (Å²) in [6.45, 7) is 7.05. The topological polar surface area (TPSA) is 80.7 Å². The van der Waals surface area contributed by atoms with Crippen molar-refractivity contribution in [2.75, 3.05) is 38.2 Å². The van der Waals surface area contributed by atoms with E-state index in [9.17, 15) is 9.18 Å². The molecular weight excluding hydrogens is 389 g/mol. The molecule has 0 N–H and O–H groups in total. The minimum Gasteiger partial charge on any atom is -0.477 e. The fraction of sp³-hybridized carbons (Fsp3) is 0.556. The maximum Gasteiger partial charge on any atom is 0.410 e. The van der Waals surface area contributed by atoms with Crippen molar-refractivity contribution in [3.05, 3.63) is 17.3 Å². The third-order valence-electron chi connectivity index (χ3n) is 4.16. The Labute approximate surface area is 167 Å². The van der Waals surface area contributed by atoms with Crippen LogP contribution in [0, 0.1) is 5.82 Å². The van der Waals surface area contributed by atoms with Gasteiger partial charge in [-0.25, -0.2) is 19.2 Å². The van der Waals surface area contributed by atoms with E-state index in [4.69, 9.17) is 21.1 Å². The minimum atomic E-state index is -0.716. The lowest BCUT2D eigenvalue weighted by molar-refractivity contribution is 0.0248. The van der Waals surface area contributed by atoms with Crippen molar-refractivity contribution in [3.8, 4) is 5.88 Å². The molecule has 28 heavy (non-hydrogen) atoms. The predicted octanol–water partition coefficient (Wildman–Crippen LogP) is 3.27. The van der Waals surface area contributed by atoms with Crippen molar-refractivity contribution in [1.29, 1.82) is 0 Å². The Bertz CT molecular complexity index is 890. The molecule has 1 aliphatic rings. The second-order valence-corrected chi connectivity index (χ2v) is 7.89. The van der Waals surface area contributed by atoms with E-state index in [1.165, 1.54) is 6.33 Å². The largest absolute Gasteiger partial charge is 0.477 e. The van der Waals surface area contributed by atoms with Crippen LogP contribution in [0.2, 0.25) is 5.15 Å². The first-order valence-electron chi connectivity index (χ1n) is 8.99. The lowest BCUT2D eigenvalue weighted by Crippen LogP contribution is -2.41. The second kappa shape index (κ2) is 7.90. The van der Waals surface area contributed by atoms with Crippen molar-refractivity contribution in [2.24, 2.45) is 0 Å². The molecule has 2 aromatic heterocycles. The van der Waals surface area contributed by atoms with Crippen LogP contribution in [-0.2, 0) is 4.74 Å². The Morgan fingerprint density at radius 3 is 2.75 bits per heavy atom. The van der Waals surface area contributed by atoms with E-state index < -0.39 is 17.5 Å². The van der Waals surface area contributed by atoms with Gasteiger partial charge in [0.05, 0.1) is 6.61 Å². The average molecular weight is 412 g/mol. The van der Waals surface area contributed by atoms with E-state index in [0.29, 0.717) is 37.3 Å². The molecule has 2 aromatic rings. The molecule has 0 atom stereocenters. The molecule has 0 bridgehead atoms. The fourth-order valence-corrected chi connectivity index (χ4v) is 3.01. The summed E-state index contributed by atoms with van der Waals surface area (Å²) in [5.41, 5.74) is -0.533. The fourth-order valence-electron chi connectivity index (χ4n) is 2.85. The molecule has 8 nitrogen and oxygen atoms in total. The normalized spacial score (nSPS) is 15.8. The van der Waals surface area contributed by atoms with Gasteiger partial charge in [0.25, 0.3) is 0 Å². The Morgan fingerprint density at radius 2 is 2.04 bits per heavy atom. The molecule has 3 heterocycles. The van der Waals surface area contributed by atoms with Gasteiger partial charge in [-0.1, -0.05) is 11.6 Å². The van der Waals surface area contributed by atoms with Gasteiger partial charge in [0.1, 0.15) is 28.6 Å². The summed E-state index contributed by atoms with van der Waals surface area (Å²) >= 11 is 5.90. The lowest BCUT2D eigenvalue weighted by atomic mass is 10.2. The van der Waals surface area contributed by atoms with Crippen molar-refractivity contribution in [2.45, 2.75) is 32.8 Å². The van der Waals surface area contributed by atoms with Gasteiger partial charge >= 0.3 is 6.09 Å². The van der Waals surface area contributed by atoms with Crippen LogP contribution >= 0.6 is 11.6 Å². The smallest absolute Gasteiger partial charge is 0.410 e. The maximum atomic E-state index is 14.4. The third kappa shape index (κ3) is 4.35. The number of nitrogens with zero attached hydrogens (tertiary/aromatic N) is 5. The Balaban J connectivity index is 1.94. The maximum absolute atomic E-state index is 14.4. The Kier molecular flexibility index (Phi) is 5.74. The quantitative estimate of drug-likeness (QED) is 0.615. The van der Waals surface area contributed by atoms with Gasteiger partial charge in [-0.05, 0) is 27.2 Å². The number of rotatable bonds is 0. The monoisotopic (exact) mass is 411 g/mol. The molecular formula is C18H23ClFN5O3. The van der Waals surface area contributed by atoms with Crippen molar-refractivity contribution < 1.29 is 18.7 Å². The molecule has 1 aliphatic heterocycles. The van der Waals surface area contributed by atoms with Crippen molar-refractivity contribution in [1.82, 2.24) is 19.9 Å². The summed E-state index contributed by atoms with van der Waals surface area (Å²) in [5.74, 6) is -0.0880. The SMILES string of the molecule is CN1CCN(C(=O)OC(C)(C)C)CCCOc2nc(Cl)c(F)c3ncnc1c23. The number of hydrogen-bond acceptors (Lipinski definition) is 7. The molecule has 0 unspecified atom stereocenters. The highest BCUT2D eigenvalue weighted by Crippen LogP contribution is 2.34. The zero-order chi connectivity index (χ0) is 20.5. The molecule has 0 saturated heterocycles. The van der Waals surface area contributed by atoms with Crippen LogP contribution in [-0.4, -0.2) is 64.8 Å². The number of hydrogen-bond donors (Lipinski definition) is 0. The summed E-state index contributed by atoms with van der Waals surface area (Å²) in [5, 5.41) is 0.0534. The lowest BCUT2D eigenvalue weighted by Gasteiger charge is -2.29. The molecule has 3 rings (SSSR count). The Morgan fingerprint density at radius 1 is 1.29 bits per heavy atom. The van der Waals surface area contributed by atoms with Gasteiger partial charge in [-0.2, -0.15) is 4.98 Å². The molecule has 152 valence electrons. The highest BCUT2D eigenvalue weighted by molar-refractivity contribution is 6.30. The number of likely N-dealkylation sites (N-methyl/N-ethyl adjacent to an activating group) is 1. The average Bonchev–Trinajstić information content (AvgIpc) is 2.64. The minimum absolute atomic E-state index is 0.0510. The highest BCUT2D eigenvalue weighted by atomic mass is 35.5.